The first kappa shape index (κ1) is 20.2. The molecule has 2 unspecified atom stereocenters. The Labute approximate surface area is 166 Å². The van der Waals surface area contributed by atoms with Gasteiger partial charge in [0.05, 0.1) is 10.6 Å². The van der Waals surface area contributed by atoms with Crippen molar-refractivity contribution >= 4 is 38.3 Å². The maximum absolute atomic E-state index is 13.1. The van der Waals surface area contributed by atoms with E-state index in [4.69, 9.17) is 0 Å². The maximum atomic E-state index is 13.1. The molecule has 0 aromatic heterocycles. The number of nitrogens with one attached hydrogen (secondary N) is 2. The second-order valence-corrected chi connectivity index (χ2v) is 9.64. The number of hydrogen-bond acceptors (Lipinski definition) is 5. The molecule has 0 aliphatic carbocycles. The molecule has 0 fully saturated rings. The van der Waals surface area contributed by atoms with Crippen molar-refractivity contribution in [1.82, 2.24) is 9.14 Å². The molecule has 0 radical (unpaired) electrons. The van der Waals surface area contributed by atoms with Gasteiger partial charge in [-0.1, -0.05) is 35.9 Å². The van der Waals surface area contributed by atoms with Crippen molar-refractivity contribution in [3.8, 4) is 0 Å². The first-order valence-corrected chi connectivity index (χ1v) is 10.9. The van der Waals surface area contributed by atoms with E-state index in [1.807, 2.05) is 6.92 Å². The van der Waals surface area contributed by atoms with Crippen molar-refractivity contribution in [3.05, 3.63) is 60.2 Å². The second kappa shape index (κ2) is 7.46. The van der Waals surface area contributed by atoms with E-state index in [2.05, 4.69) is 15.1 Å². The average Bonchev–Trinajstić information content (AvgIpc) is 2.86. The molecule has 2 aromatic rings. The molecular weight excluding hydrogens is 400 g/mol. The molecule has 1 aliphatic heterocycles. The lowest BCUT2D eigenvalue weighted by Gasteiger charge is -2.27. The smallest absolute Gasteiger partial charge is 0.266 e. The Morgan fingerprint density at radius 1 is 1.07 bits per heavy atom. The van der Waals surface area contributed by atoms with Crippen LogP contribution in [0.15, 0.2) is 64.6 Å². The van der Waals surface area contributed by atoms with Gasteiger partial charge in [0.15, 0.2) is 11.0 Å². The molecule has 28 heavy (non-hydrogen) atoms. The van der Waals surface area contributed by atoms with Crippen molar-refractivity contribution in [1.29, 1.82) is 0 Å². The minimum absolute atomic E-state index is 0.0376. The van der Waals surface area contributed by atoms with E-state index >= 15 is 0 Å². The molecule has 148 valence electrons. The van der Waals surface area contributed by atoms with E-state index in [1.165, 1.54) is 26.1 Å². The highest BCUT2D eigenvalue weighted by Crippen LogP contribution is 2.28. The summed E-state index contributed by atoms with van der Waals surface area (Å²) in [5, 5.41) is 6.66. The first-order chi connectivity index (χ1) is 13.2. The summed E-state index contributed by atoms with van der Waals surface area (Å²) in [4.78, 5) is 11.0. The van der Waals surface area contributed by atoms with Gasteiger partial charge in [-0.25, -0.2) is 17.0 Å². The van der Waals surface area contributed by atoms with Crippen molar-refractivity contribution in [2.75, 3.05) is 12.4 Å². The summed E-state index contributed by atoms with van der Waals surface area (Å²) in [7, 11) is -4.84. The molecule has 0 saturated carbocycles. The molecule has 1 amide bonds. The first-order valence-electron chi connectivity index (χ1n) is 8.35. The SMILES string of the molecule is CC1=NN(C)S(=O)C1(NS(=O)(=O)c1ccc(C)cc1)C(=O)Nc1ccccc1. The predicted molar refractivity (Wildman–Crippen MR) is 108 cm³/mol. The number of benzene rings is 2. The second-order valence-electron chi connectivity index (χ2n) is 6.32. The van der Waals surface area contributed by atoms with Crippen LogP contribution >= 0.6 is 0 Å². The summed E-state index contributed by atoms with van der Waals surface area (Å²) < 4.78 is 42.3. The molecule has 2 atom stereocenters. The van der Waals surface area contributed by atoms with Crippen molar-refractivity contribution in [3.63, 3.8) is 0 Å². The minimum atomic E-state index is -4.16. The molecule has 3 rings (SSSR count). The van der Waals surface area contributed by atoms with Gasteiger partial charge in [-0.15, -0.1) is 0 Å². The van der Waals surface area contributed by atoms with Gasteiger partial charge in [-0.2, -0.15) is 9.82 Å². The van der Waals surface area contributed by atoms with Gasteiger partial charge in [0.2, 0.25) is 14.9 Å². The largest absolute Gasteiger partial charge is 0.323 e. The van der Waals surface area contributed by atoms with Gasteiger partial charge >= 0.3 is 0 Å². The number of carbonyl (C=O) groups excluding carboxylic acids is 1. The zero-order chi connectivity index (χ0) is 20.5. The van der Waals surface area contributed by atoms with Gasteiger partial charge in [-0.05, 0) is 38.1 Å². The fraction of sp³-hybridized carbons (Fsp3) is 0.222. The number of amides is 1. The van der Waals surface area contributed by atoms with Crippen LogP contribution < -0.4 is 10.0 Å². The van der Waals surface area contributed by atoms with E-state index in [0.717, 1.165) is 9.98 Å². The fourth-order valence-electron chi connectivity index (χ4n) is 2.75. The molecular formula is C18H20N4O4S2. The number of rotatable bonds is 5. The van der Waals surface area contributed by atoms with Crippen molar-refractivity contribution in [2.45, 2.75) is 23.6 Å². The third-order valence-corrected chi connectivity index (χ3v) is 7.53. The fourth-order valence-corrected chi connectivity index (χ4v) is 5.69. The lowest BCUT2D eigenvalue weighted by Crippen LogP contribution is -2.63. The van der Waals surface area contributed by atoms with Crippen LogP contribution in [0.5, 0.6) is 0 Å². The van der Waals surface area contributed by atoms with E-state index < -0.39 is 31.8 Å². The lowest BCUT2D eigenvalue weighted by molar-refractivity contribution is -0.117. The summed E-state index contributed by atoms with van der Waals surface area (Å²) in [5.74, 6) is -0.779. The zero-order valence-electron chi connectivity index (χ0n) is 15.5. The van der Waals surface area contributed by atoms with Crippen LogP contribution in [-0.4, -0.2) is 40.6 Å². The average molecular weight is 421 g/mol. The molecule has 1 aliphatic rings. The van der Waals surface area contributed by atoms with Crippen LogP contribution in [0.25, 0.3) is 0 Å². The molecule has 2 aromatic carbocycles. The van der Waals surface area contributed by atoms with Crippen molar-refractivity contribution < 1.29 is 17.4 Å². The van der Waals surface area contributed by atoms with Crippen LogP contribution in [0.4, 0.5) is 5.69 Å². The van der Waals surface area contributed by atoms with Crippen LogP contribution in [0.1, 0.15) is 12.5 Å². The Hall–Kier alpha value is -2.56. The Morgan fingerprint density at radius 2 is 1.68 bits per heavy atom. The van der Waals surface area contributed by atoms with E-state index in [-0.39, 0.29) is 10.6 Å². The van der Waals surface area contributed by atoms with Crippen LogP contribution in [-0.2, 0) is 25.8 Å². The summed E-state index contributed by atoms with van der Waals surface area (Å²) in [6.07, 6.45) is 0. The highest BCUT2D eigenvalue weighted by Gasteiger charge is 2.56. The molecule has 0 saturated heterocycles. The molecule has 8 nitrogen and oxygen atoms in total. The Kier molecular flexibility index (Phi) is 5.37. The normalized spacial score (nSPS) is 22.0. The number of sulfonamides is 1. The van der Waals surface area contributed by atoms with Gasteiger partial charge in [0.1, 0.15) is 0 Å². The molecule has 0 spiro atoms. The number of hydrogen-bond donors (Lipinski definition) is 2. The van der Waals surface area contributed by atoms with Gasteiger partial charge in [0.25, 0.3) is 5.91 Å². The number of anilines is 1. The highest BCUT2D eigenvalue weighted by atomic mass is 32.2. The minimum Gasteiger partial charge on any atom is -0.323 e. The van der Waals surface area contributed by atoms with Crippen molar-refractivity contribution in [2.24, 2.45) is 5.10 Å². The van der Waals surface area contributed by atoms with Gasteiger partial charge in [-0.3, -0.25) is 4.79 Å². The quantitative estimate of drug-likeness (QED) is 0.766. The standard InChI is InChI=1S/C18H20N4O4S2/c1-13-9-11-16(12-10-13)28(25,26)21-18(14(2)20-22(3)27(18)24)17(23)19-15-7-5-4-6-8-15/h4-12,21H,1-3H3,(H,19,23). The van der Waals surface area contributed by atoms with Crippen LogP contribution in [0.2, 0.25) is 0 Å². The number of aryl methyl sites for hydroxylation is 1. The van der Waals surface area contributed by atoms with E-state index in [9.17, 15) is 17.4 Å². The Bertz CT molecular complexity index is 1050. The maximum Gasteiger partial charge on any atom is 0.266 e. The number of nitrogens with zero attached hydrogens (tertiary/aromatic N) is 2. The Balaban J connectivity index is 2.03. The monoisotopic (exact) mass is 420 g/mol. The molecule has 1 heterocycles. The van der Waals surface area contributed by atoms with E-state index in [0.29, 0.717) is 5.69 Å². The van der Waals surface area contributed by atoms with E-state index in [1.54, 1.807) is 42.5 Å². The molecule has 0 bridgehead atoms. The Morgan fingerprint density at radius 3 is 2.21 bits per heavy atom. The molecule has 2 N–H and O–H groups in total. The lowest BCUT2D eigenvalue weighted by atomic mass is 10.1. The third kappa shape index (κ3) is 3.58. The van der Waals surface area contributed by atoms with Gasteiger partial charge in [0, 0.05) is 12.7 Å². The molecule has 10 heteroatoms. The summed E-state index contributed by atoms with van der Waals surface area (Å²) in [6.45, 7) is 3.29. The number of carbonyl (C=O) groups is 1. The number of hydrazone groups is 1. The third-order valence-electron chi connectivity index (χ3n) is 4.26. The summed E-state index contributed by atoms with van der Waals surface area (Å²) >= 11 is 0. The van der Waals surface area contributed by atoms with Crippen LogP contribution in [0.3, 0.4) is 0 Å². The summed E-state index contributed by atoms with van der Waals surface area (Å²) in [6, 6.07) is 14.6. The van der Waals surface area contributed by atoms with Crippen LogP contribution in [0, 0.1) is 6.92 Å². The predicted octanol–water partition coefficient (Wildman–Crippen LogP) is 1.59. The van der Waals surface area contributed by atoms with Gasteiger partial charge < -0.3 is 5.32 Å². The highest BCUT2D eigenvalue weighted by molar-refractivity contribution is 7.92. The zero-order valence-corrected chi connectivity index (χ0v) is 17.2. The topological polar surface area (TPSA) is 108 Å². The number of para-hydroxylation sites is 1. The summed E-state index contributed by atoms with van der Waals surface area (Å²) in [5.41, 5.74) is 1.41.